The van der Waals surface area contributed by atoms with Gasteiger partial charge in [-0.2, -0.15) is 0 Å². The highest BCUT2D eigenvalue weighted by molar-refractivity contribution is 5.87. The fourth-order valence-corrected chi connectivity index (χ4v) is 2.21. The van der Waals surface area contributed by atoms with E-state index in [9.17, 15) is 9.59 Å². The maximum absolute atomic E-state index is 11.8. The molecule has 18 heavy (non-hydrogen) atoms. The molecule has 1 fully saturated rings. The molecule has 1 aromatic carbocycles. The van der Waals surface area contributed by atoms with Crippen molar-refractivity contribution in [2.24, 2.45) is 5.92 Å². The minimum Gasteiger partial charge on any atom is -0.480 e. The SMILES string of the molecule is Cc1ccccc1[C@H]1C[C@H]1C(=O)N[C@@H](C)C(=O)O. The van der Waals surface area contributed by atoms with Crippen molar-refractivity contribution in [1.29, 1.82) is 0 Å². The number of nitrogens with one attached hydrogen (secondary N) is 1. The van der Waals surface area contributed by atoms with Gasteiger partial charge in [0.25, 0.3) is 0 Å². The molecule has 4 nitrogen and oxygen atoms in total. The van der Waals surface area contributed by atoms with Crippen molar-refractivity contribution in [3.63, 3.8) is 0 Å². The molecule has 1 amide bonds. The summed E-state index contributed by atoms with van der Waals surface area (Å²) in [6, 6.07) is 7.19. The van der Waals surface area contributed by atoms with Gasteiger partial charge in [-0.15, -0.1) is 0 Å². The third kappa shape index (κ3) is 2.53. The normalized spacial score (nSPS) is 23.2. The number of benzene rings is 1. The maximum Gasteiger partial charge on any atom is 0.325 e. The highest BCUT2D eigenvalue weighted by Crippen LogP contribution is 2.48. The molecule has 0 heterocycles. The first-order valence-electron chi connectivity index (χ1n) is 6.09. The van der Waals surface area contributed by atoms with E-state index in [4.69, 9.17) is 5.11 Å². The van der Waals surface area contributed by atoms with Gasteiger partial charge in [-0.25, -0.2) is 0 Å². The number of carboxylic acid groups (broad SMARTS) is 1. The summed E-state index contributed by atoms with van der Waals surface area (Å²) in [6.07, 6.45) is 0.809. The summed E-state index contributed by atoms with van der Waals surface area (Å²) < 4.78 is 0. The van der Waals surface area contributed by atoms with E-state index in [0.29, 0.717) is 0 Å². The van der Waals surface area contributed by atoms with Crippen LogP contribution in [0.25, 0.3) is 0 Å². The van der Waals surface area contributed by atoms with E-state index in [1.807, 2.05) is 31.2 Å². The van der Waals surface area contributed by atoms with Gasteiger partial charge in [0.05, 0.1) is 0 Å². The zero-order chi connectivity index (χ0) is 13.3. The molecule has 0 saturated heterocycles. The standard InChI is InChI=1S/C14H17NO3/c1-8-5-3-4-6-10(8)11-7-12(11)13(16)15-9(2)14(17)18/h3-6,9,11-12H,7H2,1-2H3,(H,15,16)(H,17,18)/t9-,11+,12+/m0/s1. The van der Waals surface area contributed by atoms with E-state index < -0.39 is 12.0 Å². The first-order valence-corrected chi connectivity index (χ1v) is 6.09. The van der Waals surface area contributed by atoms with Crippen molar-refractivity contribution < 1.29 is 14.7 Å². The largest absolute Gasteiger partial charge is 0.480 e. The van der Waals surface area contributed by atoms with E-state index in [1.54, 1.807) is 0 Å². The Morgan fingerprint density at radius 3 is 2.67 bits per heavy atom. The molecule has 0 aliphatic heterocycles. The lowest BCUT2D eigenvalue weighted by molar-refractivity contribution is -0.141. The van der Waals surface area contributed by atoms with Crippen LogP contribution in [0.2, 0.25) is 0 Å². The smallest absolute Gasteiger partial charge is 0.325 e. The zero-order valence-corrected chi connectivity index (χ0v) is 10.5. The van der Waals surface area contributed by atoms with Crippen molar-refractivity contribution in [3.05, 3.63) is 35.4 Å². The van der Waals surface area contributed by atoms with Crippen molar-refractivity contribution >= 4 is 11.9 Å². The number of amides is 1. The minimum absolute atomic E-state index is 0.0760. The third-order valence-corrected chi connectivity index (χ3v) is 3.44. The summed E-state index contributed by atoms with van der Waals surface area (Å²) in [6.45, 7) is 3.51. The van der Waals surface area contributed by atoms with E-state index in [0.717, 1.165) is 6.42 Å². The molecule has 2 N–H and O–H groups in total. The first-order chi connectivity index (χ1) is 8.50. The van der Waals surface area contributed by atoms with Crippen LogP contribution in [0.3, 0.4) is 0 Å². The molecule has 96 valence electrons. The van der Waals surface area contributed by atoms with Crippen LogP contribution >= 0.6 is 0 Å². The fraction of sp³-hybridized carbons (Fsp3) is 0.429. The van der Waals surface area contributed by atoms with Crippen LogP contribution in [-0.2, 0) is 9.59 Å². The Labute approximate surface area is 106 Å². The summed E-state index contributed by atoms with van der Waals surface area (Å²) >= 11 is 0. The Morgan fingerprint density at radius 2 is 2.06 bits per heavy atom. The molecule has 0 spiro atoms. The molecule has 0 aromatic heterocycles. The molecule has 1 saturated carbocycles. The molecule has 0 bridgehead atoms. The molecule has 3 atom stereocenters. The number of rotatable bonds is 4. The maximum atomic E-state index is 11.8. The number of aryl methyl sites for hydroxylation is 1. The second-order valence-electron chi connectivity index (χ2n) is 4.87. The lowest BCUT2D eigenvalue weighted by atomic mass is 10.0. The monoisotopic (exact) mass is 247 g/mol. The summed E-state index contributed by atoms with van der Waals surface area (Å²) in [5, 5.41) is 11.3. The van der Waals surface area contributed by atoms with Crippen molar-refractivity contribution in [1.82, 2.24) is 5.32 Å². The number of hydrogen-bond acceptors (Lipinski definition) is 2. The molecule has 0 unspecified atom stereocenters. The van der Waals surface area contributed by atoms with Crippen molar-refractivity contribution in [2.45, 2.75) is 32.2 Å². The highest BCUT2D eigenvalue weighted by Gasteiger charge is 2.44. The van der Waals surface area contributed by atoms with Gasteiger partial charge in [-0.1, -0.05) is 24.3 Å². The second kappa shape index (κ2) is 4.80. The van der Waals surface area contributed by atoms with Gasteiger partial charge in [-0.05, 0) is 37.3 Å². The molecule has 1 aliphatic rings. The Balaban J connectivity index is 1.97. The molecular weight excluding hydrogens is 230 g/mol. The lowest BCUT2D eigenvalue weighted by Gasteiger charge is -2.09. The van der Waals surface area contributed by atoms with Gasteiger partial charge in [-0.3, -0.25) is 9.59 Å². The molecule has 2 rings (SSSR count). The van der Waals surface area contributed by atoms with Crippen LogP contribution in [-0.4, -0.2) is 23.0 Å². The lowest BCUT2D eigenvalue weighted by Crippen LogP contribution is -2.39. The van der Waals surface area contributed by atoms with E-state index >= 15 is 0 Å². The second-order valence-corrected chi connectivity index (χ2v) is 4.87. The van der Waals surface area contributed by atoms with Crippen LogP contribution in [0.4, 0.5) is 0 Å². The number of carbonyl (C=O) groups excluding carboxylic acids is 1. The zero-order valence-electron chi connectivity index (χ0n) is 10.5. The van der Waals surface area contributed by atoms with Gasteiger partial charge in [0.15, 0.2) is 0 Å². The summed E-state index contributed by atoms with van der Waals surface area (Å²) in [5.41, 5.74) is 2.38. The Kier molecular flexibility index (Phi) is 3.36. The third-order valence-electron chi connectivity index (χ3n) is 3.44. The summed E-state index contributed by atoms with van der Waals surface area (Å²) in [5.74, 6) is -0.991. The predicted octanol–water partition coefficient (Wildman–Crippen LogP) is 1.69. The predicted molar refractivity (Wildman–Crippen MR) is 67.3 cm³/mol. The topological polar surface area (TPSA) is 66.4 Å². The molecule has 1 aliphatic carbocycles. The highest BCUT2D eigenvalue weighted by atomic mass is 16.4. The van der Waals surface area contributed by atoms with Crippen LogP contribution < -0.4 is 5.32 Å². The summed E-state index contributed by atoms with van der Waals surface area (Å²) in [4.78, 5) is 22.5. The van der Waals surface area contributed by atoms with Crippen LogP contribution in [0.1, 0.15) is 30.4 Å². The van der Waals surface area contributed by atoms with E-state index in [-0.39, 0.29) is 17.7 Å². The van der Waals surface area contributed by atoms with E-state index in [2.05, 4.69) is 5.32 Å². The van der Waals surface area contributed by atoms with Gasteiger partial charge >= 0.3 is 5.97 Å². The van der Waals surface area contributed by atoms with Gasteiger partial charge in [0, 0.05) is 5.92 Å². The molecular formula is C14H17NO3. The molecule has 1 aromatic rings. The average molecular weight is 247 g/mol. The quantitative estimate of drug-likeness (QED) is 0.850. The fourth-order valence-electron chi connectivity index (χ4n) is 2.21. The molecule has 0 radical (unpaired) electrons. The van der Waals surface area contributed by atoms with Gasteiger partial charge in [0.2, 0.25) is 5.91 Å². The van der Waals surface area contributed by atoms with Crippen LogP contribution in [0.5, 0.6) is 0 Å². The number of carboxylic acids is 1. The van der Waals surface area contributed by atoms with Crippen LogP contribution in [0.15, 0.2) is 24.3 Å². The average Bonchev–Trinajstić information content (AvgIpc) is 3.09. The van der Waals surface area contributed by atoms with Gasteiger partial charge in [0.1, 0.15) is 6.04 Å². The Morgan fingerprint density at radius 1 is 1.39 bits per heavy atom. The van der Waals surface area contributed by atoms with E-state index in [1.165, 1.54) is 18.1 Å². The van der Waals surface area contributed by atoms with Crippen molar-refractivity contribution in [2.75, 3.05) is 0 Å². The van der Waals surface area contributed by atoms with Crippen molar-refractivity contribution in [3.8, 4) is 0 Å². The Bertz CT molecular complexity index is 484. The number of hydrogen-bond donors (Lipinski definition) is 2. The van der Waals surface area contributed by atoms with Crippen LogP contribution in [0, 0.1) is 12.8 Å². The minimum atomic E-state index is -1.00. The van der Waals surface area contributed by atoms with Gasteiger partial charge < -0.3 is 10.4 Å². The first kappa shape index (κ1) is 12.6. The Hall–Kier alpha value is -1.84. The number of aliphatic carboxylic acids is 1. The number of carbonyl (C=O) groups is 2. The summed E-state index contributed by atoms with van der Waals surface area (Å²) in [7, 11) is 0. The molecule has 4 heteroatoms.